The van der Waals surface area contributed by atoms with Gasteiger partial charge in [0.2, 0.25) is 0 Å². The number of nitrogens with zero attached hydrogens (tertiary/aromatic N) is 1. The molecule has 1 fully saturated rings. The van der Waals surface area contributed by atoms with E-state index in [1.807, 2.05) is 4.84 Å². The Balaban J connectivity index is 3.67. The number of hydroxylamine groups is 2. The predicted molar refractivity (Wildman–Crippen MR) is 63.4 cm³/mol. The molecule has 0 aliphatic carbocycles. The van der Waals surface area contributed by atoms with E-state index in [0.717, 1.165) is 0 Å². The van der Waals surface area contributed by atoms with Crippen molar-refractivity contribution in [3.8, 4) is 0 Å². The maximum Gasteiger partial charge on any atom is 0.460 e. The molecule has 1 heterocycles. The van der Waals surface area contributed by atoms with Gasteiger partial charge in [-0.05, 0) is 5.06 Å². The molecule has 1 unspecified atom stereocenters. The maximum absolute atomic E-state index is 13.8. The van der Waals surface area contributed by atoms with Crippen molar-refractivity contribution in [3.05, 3.63) is 0 Å². The standard InChI is InChI=1S/C12F25NO/c13-1(14,5(21,22)9(29,30)31)3(17,18)7(25,26)11(35,36)38-12(37,39-38)8(27,28)4(19,20)2(15,16)6(23,24)10(32,33)34/t12-,38?/m0/s1. The zero-order valence-corrected chi connectivity index (χ0v) is 16.3. The van der Waals surface area contributed by atoms with E-state index in [9.17, 15) is 110 Å². The quantitative estimate of drug-likeness (QED) is 0.145. The first kappa shape index (κ1) is 35.2. The van der Waals surface area contributed by atoms with Crippen LogP contribution in [0.15, 0.2) is 0 Å². The largest absolute Gasteiger partial charge is 0.460 e. The topological polar surface area (TPSA) is 15.5 Å². The van der Waals surface area contributed by atoms with Crippen LogP contribution >= 0.6 is 0 Å². The van der Waals surface area contributed by atoms with Crippen LogP contribution in [0.2, 0.25) is 0 Å². The minimum atomic E-state index is -8.90. The van der Waals surface area contributed by atoms with Crippen LogP contribution in [0.4, 0.5) is 110 Å². The molecule has 1 saturated heterocycles. The first-order valence-electron chi connectivity index (χ1n) is 8.06. The van der Waals surface area contributed by atoms with Crippen molar-refractivity contribution in [1.29, 1.82) is 0 Å². The lowest BCUT2D eigenvalue weighted by Gasteiger charge is -2.40. The van der Waals surface area contributed by atoms with Gasteiger partial charge in [0.25, 0.3) is 0 Å². The third-order valence-electron chi connectivity index (χ3n) is 4.54. The molecule has 0 amide bonds. The molecule has 234 valence electrons. The van der Waals surface area contributed by atoms with Crippen molar-refractivity contribution in [2.75, 3.05) is 0 Å². The number of rotatable bonds is 9. The Labute approximate surface area is 193 Å². The summed E-state index contributed by atoms with van der Waals surface area (Å²) in [5.74, 6) is -76.4. The summed E-state index contributed by atoms with van der Waals surface area (Å²) >= 11 is 0. The molecular formula is C12F25NO. The molecule has 0 radical (unpaired) electrons. The van der Waals surface area contributed by atoms with E-state index in [0.29, 0.717) is 0 Å². The van der Waals surface area contributed by atoms with Crippen LogP contribution in [0.3, 0.4) is 0 Å². The SMILES string of the molecule is FC(F)(F)C(F)(F)C(F)(F)C(F)(F)C(F)(F)C(F)(F)N1O[C@]1(F)C(F)(F)C(F)(F)C(F)(F)C(F)(F)C(F)(F)F. The Hall–Kier alpha value is -1.83. The van der Waals surface area contributed by atoms with Crippen LogP contribution in [0.5, 0.6) is 0 Å². The molecule has 0 N–H and O–H groups in total. The fourth-order valence-corrected chi connectivity index (χ4v) is 2.18. The Bertz CT molecular complexity index is 942. The number of hydrogen-bond acceptors (Lipinski definition) is 2. The molecular weight excluding hydrogens is 649 g/mol. The van der Waals surface area contributed by atoms with E-state index in [1.165, 1.54) is 0 Å². The summed E-state index contributed by atoms with van der Waals surface area (Å²) in [7, 11) is 0. The first-order chi connectivity index (χ1) is 16.3. The smallest absolute Gasteiger partial charge is 0.225 e. The van der Waals surface area contributed by atoms with Crippen LogP contribution in [0.1, 0.15) is 0 Å². The van der Waals surface area contributed by atoms with Gasteiger partial charge in [-0.15, -0.1) is 0 Å². The molecule has 27 heteroatoms. The van der Waals surface area contributed by atoms with Crippen molar-refractivity contribution in [2.45, 2.75) is 71.8 Å². The summed E-state index contributed by atoms with van der Waals surface area (Å²) in [6, 6.07) is -8.31. The van der Waals surface area contributed by atoms with E-state index in [4.69, 9.17) is 0 Å². The van der Waals surface area contributed by atoms with Crippen molar-refractivity contribution < 1.29 is 115 Å². The average molecular weight is 649 g/mol. The summed E-state index contributed by atoms with van der Waals surface area (Å²) in [6.07, 6.45) is -16.0. The Morgan fingerprint density at radius 2 is 0.615 bits per heavy atom. The lowest BCUT2D eigenvalue weighted by Crippen LogP contribution is -2.72. The number of halogens is 25. The van der Waals surface area contributed by atoms with Gasteiger partial charge in [0, 0.05) is 0 Å². The van der Waals surface area contributed by atoms with E-state index < -0.39 is 76.8 Å². The van der Waals surface area contributed by atoms with Gasteiger partial charge in [-0.25, -0.2) is 4.84 Å². The predicted octanol–water partition coefficient (Wildman–Crippen LogP) is 7.66. The lowest BCUT2D eigenvalue weighted by molar-refractivity contribution is -0.454. The zero-order valence-electron chi connectivity index (χ0n) is 16.3. The van der Waals surface area contributed by atoms with E-state index in [2.05, 4.69) is 0 Å². The van der Waals surface area contributed by atoms with Gasteiger partial charge in [-0.1, -0.05) is 0 Å². The van der Waals surface area contributed by atoms with Crippen molar-refractivity contribution in [1.82, 2.24) is 5.06 Å². The molecule has 39 heavy (non-hydrogen) atoms. The minimum Gasteiger partial charge on any atom is -0.225 e. The molecule has 0 bridgehead atoms. The number of hydrogen-bond donors (Lipinski definition) is 0. The summed E-state index contributed by atoms with van der Waals surface area (Å²) in [6.45, 7) is 0. The second-order valence-corrected chi connectivity index (χ2v) is 7.08. The van der Waals surface area contributed by atoms with Crippen molar-refractivity contribution in [3.63, 3.8) is 0 Å². The molecule has 1 aliphatic rings. The Kier molecular flexibility index (Phi) is 7.34. The van der Waals surface area contributed by atoms with Crippen LogP contribution in [0.25, 0.3) is 0 Å². The highest BCUT2D eigenvalue weighted by Gasteiger charge is 3.00. The summed E-state index contributed by atoms with van der Waals surface area (Å²) in [5, 5.41) is -3.79. The summed E-state index contributed by atoms with van der Waals surface area (Å²) in [4.78, 5) is 1.92. The third-order valence-corrected chi connectivity index (χ3v) is 4.54. The van der Waals surface area contributed by atoms with Crippen LogP contribution < -0.4 is 0 Å². The van der Waals surface area contributed by atoms with Gasteiger partial charge >= 0.3 is 71.8 Å². The fourth-order valence-electron chi connectivity index (χ4n) is 2.18. The monoisotopic (exact) mass is 649 g/mol. The van der Waals surface area contributed by atoms with E-state index in [1.54, 1.807) is 0 Å². The van der Waals surface area contributed by atoms with Crippen LogP contribution in [0, 0.1) is 0 Å². The lowest BCUT2D eigenvalue weighted by atomic mass is 9.95. The molecule has 0 saturated carbocycles. The van der Waals surface area contributed by atoms with Crippen LogP contribution in [-0.4, -0.2) is 76.8 Å². The van der Waals surface area contributed by atoms with Crippen molar-refractivity contribution >= 4 is 0 Å². The second-order valence-electron chi connectivity index (χ2n) is 7.08. The molecule has 0 aromatic rings. The molecule has 0 aromatic carbocycles. The number of alkyl halides is 25. The normalized spacial score (nSPS) is 23.8. The Morgan fingerprint density at radius 3 is 0.897 bits per heavy atom. The van der Waals surface area contributed by atoms with Crippen LogP contribution in [-0.2, 0) is 4.84 Å². The van der Waals surface area contributed by atoms with E-state index >= 15 is 0 Å². The fraction of sp³-hybridized carbons (Fsp3) is 1.00. The molecule has 0 spiro atoms. The highest BCUT2D eigenvalue weighted by atomic mass is 19.4. The molecule has 2 nitrogen and oxygen atoms in total. The zero-order chi connectivity index (χ0) is 32.3. The summed E-state index contributed by atoms with van der Waals surface area (Å²) < 4.78 is 323. The van der Waals surface area contributed by atoms with Gasteiger partial charge in [0.15, 0.2) is 0 Å². The maximum atomic E-state index is 13.8. The summed E-state index contributed by atoms with van der Waals surface area (Å²) in [5.41, 5.74) is 0. The van der Waals surface area contributed by atoms with Gasteiger partial charge < -0.3 is 0 Å². The van der Waals surface area contributed by atoms with Gasteiger partial charge in [-0.3, -0.25) is 0 Å². The second kappa shape index (κ2) is 8.13. The molecule has 1 rings (SSSR count). The minimum absolute atomic E-state index is 1.92. The third kappa shape index (κ3) is 3.97. The van der Waals surface area contributed by atoms with Crippen molar-refractivity contribution in [2.24, 2.45) is 0 Å². The average Bonchev–Trinajstić information content (AvgIpc) is 3.39. The van der Waals surface area contributed by atoms with Gasteiger partial charge in [0.05, 0.1) is 0 Å². The highest BCUT2D eigenvalue weighted by Crippen LogP contribution is 2.68. The van der Waals surface area contributed by atoms with Gasteiger partial charge in [-0.2, -0.15) is 110 Å². The Morgan fingerprint density at radius 1 is 0.359 bits per heavy atom. The molecule has 0 aromatic heterocycles. The van der Waals surface area contributed by atoms with E-state index in [-0.39, 0.29) is 0 Å². The molecule has 1 aliphatic heterocycles. The molecule has 2 atom stereocenters. The van der Waals surface area contributed by atoms with Gasteiger partial charge in [0.1, 0.15) is 0 Å². The highest BCUT2D eigenvalue weighted by molar-refractivity contribution is 5.15. The first-order valence-corrected chi connectivity index (χ1v) is 8.06.